The van der Waals surface area contributed by atoms with Gasteiger partial charge in [-0.25, -0.2) is 0 Å². The van der Waals surface area contributed by atoms with Crippen molar-refractivity contribution in [2.24, 2.45) is 0 Å². The Bertz CT molecular complexity index is 940. The van der Waals surface area contributed by atoms with E-state index in [2.05, 4.69) is 20.8 Å². The molecule has 6 nitrogen and oxygen atoms in total. The van der Waals surface area contributed by atoms with Gasteiger partial charge in [0.05, 0.1) is 0 Å². The van der Waals surface area contributed by atoms with Crippen LogP contribution in [0.4, 0.5) is 22.9 Å². The molecule has 1 heterocycles. The molecule has 0 aliphatic rings. The van der Waals surface area contributed by atoms with Gasteiger partial charge >= 0.3 is 0 Å². The number of aromatic nitrogens is 2. The van der Waals surface area contributed by atoms with E-state index in [1.54, 1.807) is 24.3 Å². The molecule has 0 atom stereocenters. The Hall–Kier alpha value is -3.12. The third kappa shape index (κ3) is 4.74. The first kappa shape index (κ1) is 18.7. The predicted octanol–water partition coefficient (Wildman–Crippen LogP) is 4.50. The van der Waals surface area contributed by atoms with E-state index in [0.29, 0.717) is 16.5 Å². The summed E-state index contributed by atoms with van der Waals surface area (Å²) in [6, 6.07) is 16.6. The molecule has 0 fully saturated rings. The molecular formula is C20H20ClN5O. The Labute approximate surface area is 163 Å². The van der Waals surface area contributed by atoms with E-state index in [0.717, 1.165) is 16.9 Å². The van der Waals surface area contributed by atoms with Crippen LogP contribution in [-0.2, 0) is 0 Å². The fourth-order valence-electron chi connectivity index (χ4n) is 2.38. The molecule has 0 saturated heterocycles. The summed E-state index contributed by atoms with van der Waals surface area (Å²) in [6.45, 7) is 1.90. The summed E-state index contributed by atoms with van der Waals surface area (Å²) in [4.78, 5) is 14.3. The average molecular weight is 382 g/mol. The SMILES string of the molecule is Cc1ccc(NC(=O)c2ccc(Nc3ccc(N(C)C)cc3)nn2)cc1Cl. The van der Waals surface area contributed by atoms with E-state index in [4.69, 9.17) is 11.6 Å². The fourth-order valence-corrected chi connectivity index (χ4v) is 2.56. The van der Waals surface area contributed by atoms with Crippen LogP contribution in [0.2, 0.25) is 5.02 Å². The van der Waals surface area contributed by atoms with Crippen molar-refractivity contribution in [3.63, 3.8) is 0 Å². The molecule has 0 bridgehead atoms. The minimum Gasteiger partial charge on any atom is -0.378 e. The molecule has 0 saturated carbocycles. The summed E-state index contributed by atoms with van der Waals surface area (Å²) < 4.78 is 0. The second-order valence-corrected chi connectivity index (χ2v) is 6.70. The van der Waals surface area contributed by atoms with Gasteiger partial charge in [0.25, 0.3) is 5.91 Å². The predicted molar refractivity (Wildman–Crippen MR) is 110 cm³/mol. The van der Waals surface area contributed by atoms with Gasteiger partial charge in [-0.15, -0.1) is 10.2 Å². The van der Waals surface area contributed by atoms with Gasteiger partial charge in [0.1, 0.15) is 0 Å². The number of carbonyl (C=O) groups is 1. The van der Waals surface area contributed by atoms with Crippen LogP contribution in [0.25, 0.3) is 0 Å². The van der Waals surface area contributed by atoms with Crippen LogP contribution in [0, 0.1) is 6.92 Å². The average Bonchev–Trinajstić information content (AvgIpc) is 2.66. The zero-order valence-electron chi connectivity index (χ0n) is 15.3. The molecule has 3 aromatic rings. The Morgan fingerprint density at radius 1 is 0.963 bits per heavy atom. The maximum atomic E-state index is 12.3. The summed E-state index contributed by atoms with van der Waals surface area (Å²) in [5, 5.41) is 14.6. The zero-order valence-corrected chi connectivity index (χ0v) is 16.1. The highest BCUT2D eigenvalue weighted by molar-refractivity contribution is 6.31. The lowest BCUT2D eigenvalue weighted by molar-refractivity contribution is 0.102. The third-order valence-corrected chi connectivity index (χ3v) is 4.39. The molecule has 0 spiro atoms. The second kappa shape index (κ2) is 8.05. The maximum absolute atomic E-state index is 12.3. The summed E-state index contributed by atoms with van der Waals surface area (Å²) in [6.07, 6.45) is 0. The van der Waals surface area contributed by atoms with Crippen molar-refractivity contribution in [3.8, 4) is 0 Å². The number of nitrogens with zero attached hydrogens (tertiary/aromatic N) is 3. The summed E-state index contributed by atoms with van der Waals surface area (Å²) in [5.41, 5.74) is 3.78. The van der Waals surface area contributed by atoms with Crippen LogP contribution in [0.3, 0.4) is 0 Å². The molecule has 0 aliphatic heterocycles. The number of hydrogen-bond acceptors (Lipinski definition) is 5. The molecule has 0 radical (unpaired) electrons. The largest absolute Gasteiger partial charge is 0.378 e. The molecule has 1 aromatic heterocycles. The van der Waals surface area contributed by atoms with Gasteiger partial charge in [0.15, 0.2) is 11.5 Å². The Kier molecular flexibility index (Phi) is 5.57. The van der Waals surface area contributed by atoms with Gasteiger partial charge in [0.2, 0.25) is 0 Å². The number of benzene rings is 2. The quantitative estimate of drug-likeness (QED) is 0.680. The third-order valence-electron chi connectivity index (χ3n) is 3.98. The molecule has 2 N–H and O–H groups in total. The Morgan fingerprint density at radius 3 is 2.26 bits per heavy atom. The van der Waals surface area contributed by atoms with Gasteiger partial charge < -0.3 is 15.5 Å². The highest BCUT2D eigenvalue weighted by atomic mass is 35.5. The van der Waals surface area contributed by atoms with Crippen LogP contribution in [0.5, 0.6) is 0 Å². The zero-order chi connectivity index (χ0) is 19.4. The molecule has 0 unspecified atom stereocenters. The van der Waals surface area contributed by atoms with Crippen LogP contribution in [0.15, 0.2) is 54.6 Å². The molecule has 0 aliphatic carbocycles. The maximum Gasteiger partial charge on any atom is 0.276 e. The number of rotatable bonds is 5. The first-order valence-electron chi connectivity index (χ1n) is 8.38. The molecule has 7 heteroatoms. The number of anilines is 4. The van der Waals surface area contributed by atoms with Crippen molar-refractivity contribution in [3.05, 3.63) is 70.9 Å². The van der Waals surface area contributed by atoms with Crippen molar-refractivity contribution < 1.29 is 4.79 Å². The van der Waals surface area contributed by atoms with Gasteiger partial charge in [0, 0.05) is 36.2 Å². The number of nitrogens with one attached hydrogen (secondary N) is 2. The van der Waals surface area contributed by atoms with E-state index in [-0.39, 0.29) is 11.6 Å². The van der Waals surface area contributed by atoms with Crippen LogP contribution >= 0.6 is 11.6 Å². The monoisotopic (exact) mass is 381 g/mol. The van der Waals surface area contributed by atoms with Crippen molar-refractivity contribution >= 4 is 40.4 Å². The molecule has 1 amide bonds. The number of halogens is 1. The lowest BCUT2D eigenvalue weighted by Gasteiger charge is -2.13. The minimum absolute atomic E-state index is 0.222. The summed E-state index contributed by atoms with van der Waals surface area (Å²) >= 11 is 6.08. The molecular weight excluding hydrogens is 362 g/mol. The number of amides is 1. The minimum atomic E-state index is -0.343. The van der Waals surface area contributed by atoms with E-state index >= 15 is 0 Å². The summed E-state index contributed by atoms with van der Waals surface area (Å²) in [5.74, 6) is 0.215. The first-order chi connectivity index (χ1) is 12.9. The number of hydrogen-bond donors (Lipinski definition) is 2. The highest BCUT2D eigenvalue weighted by Gasteiger charge is 2.10. The van der Waals surface area contributed by atoms with Gasteiger partial charge in [-0.1, -0.05) is 17.7 Å². The first-order valence-corrected chi connectivity index (χ1v) is 8.76. The molecule has 3 rings (SSSR count). The smallest absolute Gasteiger partial charge is 0.276 e. The van der Waals surface area contributed by atoms with Gasteiger partial charge in [-0.2, -0.15) is 0 Å². The van der Waals surface area contributed by atoms with Gasteiger partial charge in [-0.05, 0) is 61.0 Å². The summed E-state index contributed by atoms with van der Waals surface area (Å²) in [7, 11) is 3.98. The van der Waals surface area contributed by atoms with E-state index in [1.807, 2.05) is 56.3 Å². The lowest BCUT2D eigenvalue weighted by Crippen LogP contribution is -2.14. The topological polar surface area (TPSA) is 70.2 Å². The highest BCUT2D eigenvalue weighted by Crippen LogP contribution is 2.21. The Balaban J connectivity index is 1.65. The van der Waals surface area contributed by atoms with E-state index < -0.39 is 0 Å². The van der Waals surface area contributed by atoms with Crippen molar-refractivity contribution in [2.45, 2.75) is 6.92 Å². The van der Waals surface area contributed by atoms with Crippen LogP contribution in [-0.4, -0.2) is 30.2 Å². The molecule has 2 aromatic carbocycles. The number of aryl methyl sites for hydroxylation is 1. The van der Waals surface area contributed by atoms with Crippen molar-refractivity contribution in [2.75, 3.05) is 29.6 Å². The molecule has 138 valence electrons. The van der Waals surface area contributed by atoms with Crippen LogP contribution < -0.4 is 15.5 Å². The lowest BCUT2D eigenvalue weighted by atomic mass is 10.2. The van der Waals surface area contributed by atoms with Crippen molar-refractivity contribution in [1.29, 1.82) is 0 Å². The standard InChI is InChI=1S/C20H20ClN5O/c1-13-4-5-15(12-17(13)21)23-20(27)18-10-11-19(25-24-18)22-14-6-8-16(9-7-14)26(2)3/h4-12H,1-3H3,(H,22,25)(H,23,27). The van der Waals surface area contributed by atoms with Crippen molar-refractivity contribution in [1.82, 2.24) is 10.2 Å². The van der Waals surface area contributed by atoms with Gasteiger partial charge in [-0.3, -0.25) is 4.79 Å². The number of carbonyl (C=O) groups excluding carboxylic acids is 1. The van der Waals surface area contributed by atoms with E-state index in [1.165, 1.54) is 0 Å². The van der Waals surface area contributed by atoms with Crippen LogP contribution in [0.1, 0.15) is 16.1 Å². The normalized spacial score (nSPS) is 10.4. The van der Waals surface area contributed by atoms with E-state index in [9.17, 15) is 4.79 Å². The second-order valence-electron chi connectivity index (χ2n) is 6.29. The Morgan fingerprint density at radius 2 is 1.67 bits per heavy atom. The molecule has 27 heavy (non-hydrogen) atoms. The fraction of sp³-hybridized carbons (Fsp3) is 0.150.